The van der Waals surface area contributed by atoms with Crippen molar-refractivity contribution in [2.24, 2.45) is 17.8 Å². The largest absolute Gasteiger partial charge is 0.504 e. The van der Waals surface area contributed by atoms with Crippen LogP contribution in [0, 0.1) is 21.3 Å². The van der Waals surface area contributed by atoms with E-state index >= 15 is 0 Å². The van der Waals surface area contributed by atoms with Crippen molar-refractivity contribution in [2.45, 2.75) is 51.2 Å². The number of nitrogens with zero attached hydrogens (tertiary/aromatic N) is 1. The summed E-state index contributed by atoms with van der Waals surface area (Å²) in [6.07, 6.45) is 3.37. The van der Waals surface area contributed by atoms with Gasteiger partial charge in [0.1, 0.15) is 0 Å². The molecule has 318 valence electrons. The third-order valence-corrected chi connectivity index (χ3v) is 18.6. The van der Waals surface area contributed by atoms with Crippen molar-refractivity contribution >= 4 is 83.0 Å². The van der Waals surface area contributed by atoms with E-state index in [0.717, 1.165) is 38.2 Å². The first-order chi connectivity index (χ1) is 29.8. The second kappa shape index (κ2) is 18.1. The first-order valence-corrected chi connectivity index (χ1v) is 24.1. The van der Waals surface area contributed by atoms with Crippen molar-refractivity contribution < 1.29 is 38.6 Å². The number of phenols is 1. The van der Waals surface area contributed by atoms with Gasteiger partial charge in [-0.2, -0.15) is 0 Å². The number of fused-ring (bicyclic) bond motifs is 3. The molecule has 62 heavy (non-hydrogen) atoms. The summed E-state index contributed by atoms with van der Waals surface area (Å²) < 4.78 is 20.5. The molecule has 3 N–H and O–H groups in total. The van der Waals surface area contributed by atoms with Gasteiger partial charge in [0, 0.05) is 5.92 Å². The van der Waals surface area contributed by atoms with E-state index in [0.29, 0.717) is 34.3 Å². The topological polar surface area (TPSA) is 126 Å². The highest BCUT2D eigenvalue weighted by molar-refractivity contribution is 14.1. The van der Waals surface area contributed by atoms with Crippen LogP contribution in [0.3, 0.4) is 0 Å². The van der Waals surface area contributed by atoms with Gasteiger partial charge in [-0.05, 0) is 115 Å². The smallest absolute Gasteiger partial charge is 0.488 e. The highest BCUT2D eigenvalue weighted by Crippen LogP contribution is 2.51. The van der Waals surface area contributed by atoms with Gasteiger partial charge in [-0.15, -0.1) is 0 Å². The summed E-state index contributed by atoms with van der Waals surface area (Å²) in [5.41, 5.74) is 5.57. The molecule has 1 aliphatic carbocycles. The number of carbonyl (C=O) groups is 2. The number of carbonyl (C=O) groups excluding carboxylic acids is 2. The van der Waals surface area contributed by atoms with Gasteiger partial charge in [0.2, 0.25) is 11.8 Å². The van der Waals surface area contributed by atoms with Gasteiger partial charge in [0.05, 0.1) is 47.5 Å². The molecular formula is C50H51BINO8Si. The number of allylic oxidation sites excluding steroid dienone is 1. The number of amides is 2. The number of hydrogen-bond donors (Lipinski definition) is 3. The molecule has 0 radical (unpaired) electrons. The van der Waals surface area contributed by atoms with Crippen molar-refractivity contribution in [1.29, 1.82) is 0 Å². The van der Waals surface area contributed by atoms with Crippen LogP contribution in [0.4, 0.5) is 5.69 Å². The number of anilines is 1. The van der Waals surface area contributed by atoms with Crippen molar-refractivity contribution in [3.8, 4) is 11.5 Å². The number of hydrogen-bond acceptors (Lipinski definition) is 8. The number of halogens is 1. The minimum atomic E-state index is -3.01. The molecule has 5 aromatic carbocycles. The third-order valence-electron chi connectivity index (χ3n) is 12.7. The Kier molecular flexibility index (Phi) is 12.8. The number of ether oxygens (including phenoxy) is 2. The van der Waals surface area contributed by atoms with Crippen molar-refractivity contribution in [2.75, 3.05) is 25.2 Å². The molecule has 2 fully saturated rings. The molecule has 12 heteroatoms. The van der Waals surface area contributed by atoms with Gasteiger partial charge in [0.15, 0.2) is 11.5 Å². The summed E-state index contributed by atoms with van der Waals surface area (Å²) in [5, 5.41) is 32.5. The quantitative estimate of drug-likeness (QED) is 0.0376. The Balaban J connectivity index is 1.20. The molecule has 2 amide bonds. The molecule has 2 saturated heterocycles. The SMILES string of the molecule is COc1cc(/C=C(/CC[C@H]2OC[C@H]3C2=C(CO[Si](c2ccccc2)(c2ccccc2)C(C)(C)C)C[C@H]2C(=O)N(c4cccc(B(O)O)c4)C(=O)[C@H]23)c2ccccc2)cc(I)c1O. The number of imide groups is 1. The van der Waals surface area contributed by atoms with Gasteiger partial charge in [0.25, 0.3) is 8.32 Å². The Morgan fingerprint density at radius 1 is 0.871 bits per heavy atom. The molecule has 3 aliphatic rings. The minimum Gasteiger partial charge on any atom is -0.504 e. The zero-order chi connectivity index (χ0) is 43.8. The van der Waals surface area contributed by atoms with Crippen LogP contribution in [0.5, 0.6) is 11.5 Å². The zero-order valence-electron chi connectivity index (χ0n) is 35.3. The number of rotatable bonds is 13. The maximum Gasteiger partial charge on any atom is 0.488 e. The molecule has 9 nitrogen and oxygen atoms in total. The summed E-state index contributed by atoms with van der Waals surface area (Å²) in [6.45, 7) is 7.28. The summed E-state index contributed by atoms with van der Waals surface area (Å²) in [6, 6.07) is 41.3. The van der Waals surface area contributed by atoms with E-state index in [1.54, 1.807) is 25.3 Å². The molecule has 0 bridgehead atoms. The van der Waals surface area contributed by atoms with Gasteiger partial charge in [-0.1, -0.05) is 130 Å². The van der Waals surface area contributed by atoms with Gasteiger partial charge >= 0.3 is 7.12 Å². The highest BCUT2D eigenvalue weighted by Gasteiger charge is 2.58. The Morgan fingerprint density at radius 3 is 2.13 bits per heavy atom. The van der Waals surface area contributed by atoms with Gasteiger partial charge < -0.3 is 29.1 Å². The fourth-order valence-corrected chi connectivity index (χ4v) is 15.1. The van der Waals surface area contributed by atoms with Crippen LogP contribution >= 0.6 is 22.6 Å². The summed E-state index contributed by atoms with van der Waals surface area (Å²) in [7, 11) is -3.22. The second-order valence-corrected chi connectivity index (χ2v) is 22.9. The normalized spacial score (nSPS) is 20.4. The Labute approximate surface area is 378 Å². The predicted octanol–water partition coefficient (Wildman–Crippen LogP) is 7.10. The van der Waals surface area contributed by atoms with Crippen LogP contribution < -0.4 is 25.5 Å². The Morgan fingerprint density at radius 2 is 1.52 bits per heavy atom. The Bertz CT molecular complexity index is 2470. The highest BCUT2D eigenvalue weighted by atomic mass is 127. The molecule has 5 aromatic rings. The zero-order valence-corrected chi connectivity index (χ0v) is 38.5. The average Bonchev–Trinajstić information content (AvgIpc) is 3.81. The van der Waals surface area contributed by atoms with E-state index in [-0.39, 0.29) is 53.3 Å². The standard InChI is InChI=1S/C50H51BINO8Si/c1-50(2,3)62(38-19-10-6-11-20-38,39-21-12-7-13-22-39)61-30-35-28-40-46(49(56)53(48(40)55)37-18-14-17-36(29-37)51(57)58)41-31-60-43(45(35)41)24-23-34(33-15-8-5-9-16-33)25-32-26-42(52)47(54)44(27-32)59-4/h5-22,25-27,29,40-41,43,46,54,57-58H,23-24,28,30-31H2,1-4H3/b34-25-/t40-,41+,43-,46-/m1/s1. The lowest BCUT2D eigenvalue weighted by Gasteiger charge is -2.44. The lowest BCUT2D eigenvalue weighted by molar-refractivity contribution is -0.122. The summed E-state index contributed by atoms with van der Waals surface area (Å²) >= 11 is 2.11. The third kappa shape index (κ3) is 8.24. The number of aromatic hydroxyl groups is 1. The second-order valence-electron chi connectivity index (χ2n) is 17.4. The van der Waals surface area contributed by atoms with Crippen LogP contribution in [0.15, 0.2) is 139 Å². The van der Waals surface area contributed by atoms with Crippen LogP contribution in [0.25, 0.3) is 11.6 Å². The van der Waals surface area contributed by atoms with E-state index in [1.165, 1.54) is 11.0 Å². The Hall–Kier alpha value is -4.83. The maximum atomic E-state index is 14.6. The predicted molar refractivity (Wildman–Crippen MR) is 255 cm³/mol. The molecule has 4 atom stereocenters. The lowest BCUT2D eigenvalue weighted by atomic mass is 9.69. The van der Waals surface area contributed by atoms with Gasteiger partial charge in [-0.25, -0.2) is 0 Å². The van der Waals surface area contributed by atoms with Crippen LogP contribution in [0.1, 0.15) is 51.2 Å². The molecule has 0 spiro atoms. The molecule has 8 rings (SSSR count). The molecule has 2 aliphatic heterocycles. The summed E-state index contributed by atoms with van der Waals surface area (Å²) in [4.78, 5) is 30.4. The molecule has 0 saturated carbocycles. The number of benzene rings is 5. The van der Waals surface area contributed by atoms with Crippen LogP contribution in [-0.2, 0) is 18.8 Å². The number of phenolic OH excluding ortho intramolecular Hbond substituents is 1. The van der Waals surface area contributed by atoms with Crippen LogP contribution in [0.2, 0.25) is 5.04 Å². The van der Waals surface area contributed by atoms with Crippen LogP contribution in [-0.4, -0.2) is 68.8 Å². The van der Waals surface area contributed by atoms with Crippen molar-refractivity contribution in [3.05, 3.63) is 153 Å². The van der Waals surface area contributed by atoms with E-state index in [1.807, 2.05) is 42.5 Å². The van der Waals surface area contributed by atoms with Crippen molar-refractivity contribution in [3.63, 3.8) is 0 Å². The fraction of sp³-hybridized carbons (Fsp3) is 0.280. The van der Waals surface area contributed by atoms with Gasteiger partial charge in [-0.3, -0.25) is 14.5 Å². The van der Waals surface area contributed by atoms with E-state index in [9.17, 15) is 24.7 Å². The molecular weight excluding hydrogens is 908 g/mol. The number of methoxy groups -OCH3 is 1. The molecule has 0 unspecified atom stereocenters. The van der Waals surface area contributed by atoms with E-state index in [2.05, 4.69) is 110 Å². The first-order valence-electron chi connectivity index (χ1n) is 21.1. The molecule has 0 aromatic heterocycles. The maximum absolute atomic E-state index is 14.6. The lowest BCUT2D eigenvalue weighted by Crippen LogP contribution is -2.66. The van der Waals surface area contributed by atoms with Crippen molar-refractivity contribution in [1.82, 2.24) is 0 Å². The average molecular weight is 960 g/mol. The molecule has 2 heterocycles. The first kappa shape index (κ1) is 43.8. The summed E-state index contributed by atoms with van der Waals surface area (Å²) in [5.74, 6) is -1.73. The minimum absolute atomic E-state index is 0.101. The monoisotopic (exact) mass is 959 g/mol. The fourth-order valence-electron chi connectivity index (χ4n) is 9.91. The van der Waals surface area contributed by atoms with E-state index < -0.39 is 27.3 Å². The van der Waals surface area contributed by atoms with E-state index in [4.69, 9.17) is 13.9 Å².